The van der Waals surface area contributed by atoms with Gasteiger partial charge in [0.25, 0.3) is 5.91 Å². The number of hydrogen-bond acceptors (Lipinski definition) is 2. The summed E-state index contributed by atoms with van der Waals surface area (Å²) in [5.41, 5.74) is 1.32. The molecule has 0 spiro atoms. The van der Waals surface area contributed by atoms with E-state index in [1.54, 1.807) is 0 Å². The molecule has 0 aliphatic rings. The van der Waals surface area contributed by atoms with E-state index in [0.717, 1.165) is 10.9 Å². The Labute approximate surface area is 130 Å². The fraction of sp³-hybridized carbons (Fsp3) is 0.562. The summed E-state index contributed by atoms with van der Waals surface area (Å²) in [7, 11) is 0. The molecule has 1 amide bonds. The number of carbonyl (C=O) groups excluding carboxylic acids is 1. The molecule has 112 valence electrons. The average molecular weight is 342 g/mol. The lowest BCUT2D eigenvalue weighted by Gasteiger charge is -2.20. The minimum atomic E-state index is -0.0915. The summed E-state index contributed by atoms with van der Waals surface area (Å²) in [5.74, 6) is 0.600. The Morgan fingerprint density at radius 1 is 1.40 bits per heavy atom. The Kier molecular flexibility index (Phi) is 6.06. The molecule has 0 aromatic heterocycles. The van der Waals surface area contributed by atoms with Gasteiger partial charge in [-0.3, -0.25) is 4.79 Å². The molecule has 1 unspecified atom stereocenters. The van der Waals surface area contributed by atoms with Crippen LogP contribution in [-0.4, -0.2) is 18.6 Å². The minimum Gasteiger partial charge on any atom is -0.483 e. The molecule has 1 rings (SSSR count). The SMILES string of the molecule is CCC(C)NC(=O)COc1ccc(C(C)(C)C)cc1Br. The van der Waals surface area contributed by atoms with Gasteiger partial charge < -0.3 is 10.1 Å². The Morgan fingerprint density at radius 2 is 2.05 bits per heavy atom. The van der Waals surface area contributed by atoms with Crippen LogP contribution >= 0.6 is 15.9 Å². The van der Waals surface area contributed by atoms with Crippen molar-refractivity contribution >= 4 is 21.8 Å². The number of rotatable bonds is 5. The molecule has 0 heterocycles. The van der Waals surface area contributed by atoms with Crippen LogP contribution in [0.15, 0.2) is 22.7 Å². The molecule has 0 saturated heterocycles. The summed E-state index contributed by atoms with van der Waals surface area (Å²) >= 11 is 3.50. The number of hydrogen-bond donors (Lipinski definition) is 1. The van der Waals surface area contributed by atoms with Crippen LogP contribution in [0.4, 0.5) is 0 Å². The maximum atomic E-state index is 11.7. The zero-order valence-corrected chi connectivity index (χ0v) is 14.5. The van der Waals surface area contributed by atoms with E-state index >= 15 is 0 Å². The van der Waals surface area contributed by atoms with Gasteiger partial charge in [0.15, 0.2) is 6.61 Å². The molecule has 0 aliphatic heterocycles. The van der Waals surface area contributed by atoms with E-state index in [-0.39, 0.29) is 24.0 Å². The number of benzene rings is 1. The standard InChI is InChI=1S/C16H24BrNO2/c1-6-11(2)18-15(19)10-20-14-8-7-12(9-13(14)17)16(3,4)5/h7-9,11H,6,10H2,1-5H3,(H,18,19). The number of nitrogens with one attached hydrogen (secondary N) is 1. The second-order valence-corrected chi connectivity index (χ2v) is 6.92. The first-order valence-corrected chi connectivity index (χ1v) is 7.75. The summed E-state index contributed by atoms with van der Waals surface area (Å²) in [6.07, 6.45) is 0.912. The minimum absolute atomic E-state index is 0.0395. The first-order valence-electron chi connectivity index (χ1n) is 6.96. The van der Waals surface area contributed by atoms with Gasteiger partial charge in [-0.25, -0.2) is 0 Å². The highest BCUT2D eigenvalue weighted by Crippen LogP contribution is 2.31. The monoisotopic (exact) mass is 341 g/mol. The second kappa shape index (κ2) is 7.11. The van der Waals surface area contributed by atoms with Crippen molar-refractivity contribution in [3.05, 3.63) is 28.2 Å². The maximum absolute atomic E-state index is 11.7. The Bertz CT molecular complexity index is 466. The van der Waals surface area contributed by atoms with Crippen LogP contribution < -0.4 is 10.1 Å². The van der Waals surface area contributed by atoms with Gasteiger partial charge >= 0.3 is 0 Å². The molecule has 0 radical (unpaired) electrons. The number of ether oxygens (including phenoxy) is 1. The summed E-state index contributed by atoms with van der Waals surface area (Å²) in [6, 6.07) is 6.16. The smallest absolute Gasteiger partial charge is 0.258 e. The quantitative estimate of drug-likeness (QED) is 0.877. The van der Waals surface area contributed by atoms with Gasteiger partial charge in [0, 0.05) is 6.04 Å². The molecule has 1 atom stereocenters. The Balaban J connectivity index is 2.64. The van der Waals surface area contributed by atoms with Gasteiger partial charge in [-0.15, -0.1) is 0 Å². The van der Waals surface area contributed by atoms with Crippen molar-refractivity contribution in [3.8, 4) is 5.75 Å². The van der Waals surface area contributed by atoms with E-state index < -0.39 is 0 Å². The Hall–Kier alpha value is -1.03. The lowest BCUT2D eigenvalue weighted by atomic mass is 9.87. The predicted molar refractivity (Wildman–Crippen MR) is 86.2 cm³/mol. The molecular weight excluding hydrogens is 318 g/mol. The molecule has 0 saturated carbocycles. The molecule has 20 heavy (non-hydrogen) atoms. The summed E-state index contributed by atoms with van der Waals surface area (Å²) in [4.78, 5) is 11.7. The van der Waals surface area contributed by atoms with Crippen molar-refractivity contribution in [2.24, 2.45) is 0 Å². The highest BCUT2D eigenvalue weighted by molar-refractivity contribution is 9.10. The van der Waals surface area contributed by atoms with Crippen molar-refractivity contribution in [1.82, 2.24) is 5.32 Å². The fourth-order valence-electron chi connectivity index (χ4n) is 1.65. The van der Waals surface area contributed by atoms with Crippen molar-refractivity contribution in [3.63, 3.8) is 0 Å². The number of carbonyl (C=O) groups is 1. The van der Waals surface area contributed by atoms with E-state index in [0.29, 0.717) is 5.75 Å². The third-order valence-corrected chi connectivity index (χ3v) is 3.80. The lowest BCUT2D eigenvalue weighted by molar-refractivity contribution is -0.123. The third-order valence-electron chi connectivity index (χ3n) is 3.18. The molecule has 0 bridgehead atoms. The zero-order valence-electron chi connectivity index (χ0n) is 12.9. The zero-order chi connectivity index (χ0) is 15.3. The van der Waals surface area contributed by atoms with Gasteiger partial charge in [0.05, 0.1) is 4.47 Å². The van der Waals surface area contributed by atoms with Gasteiger partial charge in [-0.05, 0) is 52.4 Å². The van der Waals surface area contributed by atoms with Crippen molar-refractivity contribution < 1.29 is 9.53 Å². The Morgan fingerprint density at radius 3 is 2.55 bits per heavy atom. The molecule has 0 fully saturated rings. The summed E-state index contributed by atoms with van der Waals surface area (Å²) in [6.45, 7) is 10.5. The lowest BCUT2D eigenvalue weighted by Crippen LogP contribution is -2.35. The average Bonchev–Trinajstić information content (AvgIpc) is 2.35. The van der Waals surface area contributed by atoms with Gasteiger partial charge in [-0.2, -0.15) is 0 Å². The topological polar surface area (TPSA) is 38.3 Å². The van der Waals surface area contributed by atoms with Crippen LogP contribution in [-0.2, 0) is 10.2 Å². The molecule has 0 aliphatic carbocycles. The van der Waals surface area contributed by atoms with E-state index in [1.807, 2.05) is 32.0 Å². The van der Waals surface area contributed by atoms with Gasteiger partial charge in [0.1, 0.15) is 5.75 Å². The van der Waals surface area contributed by atoms with Crippen LogP contribution in [0.2, 0.25) is 0 Å². The number of halogens is 1. The van der Waals surface area contributed by atoms with E-state index in [2.05, 4.69) is 42.0 Å². The van der Waals surface area contributed by atoms with E-state index in [9.17, 15) is 4.79 Å². The largest absolute Gasteiger partial charge is 0.483 e. The van der Waals surface area contributed by atoms with Crippen molar-refractivity contribution in [2.45, 2.75) is 52.5 Å². The fourth-order valence-corrected chi connectivity index (χ4v) is 2.14. The second-order valence-electron chi connectivity index (χ2n) is 6.06. The molecular formula is C16H24BrNO2. The molecule has 1 aromatic rings. The van der Waals surface area contributed by atoms with Crippen LogP contribution in [0.3, 0.4) is 0 Å². The molecule has 1 aromatic carbocycles. The molecule has 1 N–H and O–H groups in total. The van der Waals surface area contributed by atoms with E-state index in [4.69, 9.17) is 4.74 Å². The van der Waals surface area contributed by atoms with Crippen LogP contribution in [0, 0.1) is 0 Å². The number of amides is 1. The molecule has 4 heteroatoms. The van der Waals surface area contributed by atoms with E-state index in [1.165, 1.54) is 5.56 Å². The van der Waals surface area contributed by atoms with Gasteiger partial charge in [0.2, 0.25) is 0 Å². The van der Waals surface area contributed by atoms with Crippen LogP contribution in [0.25, 0.3) is 0 Å². The third kappa shape index (κ3) is 5.16. The van der Waals surface area contributed by atoms with Crippen LogP contribution in [0.1, 0.15) is 46.6 Å². The normalized spacial score (nSPS) is 12.9. The van der Waals surface area contributed by atoms with Gasteiger partial charge in [-0.1, -0.05) is 33.8 Å². The summed E-state index contributed by atoms with van der Waals surface area (Å²) < 4.78 is 6.43. The van der Waals surface area contributed by atoms with Crippen LogP contribution in [0.5, 0.6) is 5.75 Å². The molecule has 3 nitrogen and oxygen atoms in total. The van der Waals surface area contributed by atoms with Crippen molar-refractivity contribution in [2.75, 3.05) is 6.61 Å². The summed E-state index contributed by atoms with van der Waals surface area (Å²) in [5, 5.41) is 2.88. The maximum Gasteiger partial charge on any atom is 0.258 e. The first-order chi connectivity index (χ1) is 9.24. The van der Waals surface area contributed by atoms with Crippen molar-refractivity contribution in [1.29, 1.82) is 0 Å². The highest BCUT2D eigenvalue weighted by atomic mass is 79.9. The predicted octanol–water partition coefficient (Wildman–Crippen LogP) is 4.04. The first kappa shape index (κ1) is 17.0. The highest BCUT2D eigenvalue weighted by Gasteiger charge is 2.15.